The van der Waals surface area contributed by atoms with E-state index in [9.17, 15) is 3.89 Å². The highest BCUT2D eigenvalue weighted by Gasteiger charge is 1.96. The molecule has 0 nitrogen and oxygen atoms in total. The Morgan fingerprint density at radius 1 is 1.64 bits per heavy atom. The van der Waals surface area contributed by atoms with Gasteiger partial charge in [0.1, 0.15) is 0 Å². The van der Waals surface area contributed by atoms with E-state index in [4.69, 9.17) is 0 Å². The summed E-state index contributed by atoms with van der Waals surface area (Å²) >= 11 is 2.17. The first kappa shape index (κ1) is 11.4. The molecular weight excluding hydrogens is 179 g/mol. The Balaban J connectivity index is 3.54. The van der Waals surface area contributed by atoms with E-state index < -0.39 is 0 Å². The second-order valence-electron chi connectivity index (χ2n) is 2.57. The van der Waals surface area contributed by atoms with E-state index in [1.54, 1.807) is 11.8 Å². The molecule has 1 unspecified atom stereocenters. The Hall–Kier alpha value is 0.370. The lowest BCUT2D eigenvalue weighted by molar-refractivity contribution is 0.910. The van der Waals surface area contributed by atoms with Gasteiger partial charge in [0.05, 0.1) is 0 Å². The van der Waals surface area contributed by atoms with Gasteiger partial charge < -0.3 is 0 Å². The molecule has 11 heavy (non-hydrogen) atoms. The largest absolute Gasteiger partial charge is 0.165 e. The topological polar surface area (TPSA) is 0 Å². The molecule has 0 heterocycles. The lowest BCUT2D eigenvalue weighted by Gasteiger charge is -2.03. The second kappa shape index (κ2) is 7.04. The highest BCUT2D eigenvalue weighted by atomic mass is 32.2. The van der Waals surface area contributed by atoms with Crippen LogP contribution in [0, 0.1) is 0 Å². The van der Waals surface area contributed by atoms with Gasteiger partial charge in [-0.25, -0.2) is 0 Å². The van der Waals surface area contributed by atoms with Crippen molar-refractivity contribution < 1.29 is 3.89 Å². The molecule has 0 saturated carbocycles. The Morgan fingerprint density at radius 3 is 2.73 bits per heavy atom. The van der Waals surface area contributed by atoms with Crippen LogP contribution in [0.3, 0.4) is 0 Å². The smallest absolute Gasteiger partial charge is 0.0487 e. The zero-order valence-electron chi connectivity index (χ0n) is 7.26. The summed E-state index contributed by atoms with van der Waals surface area (Å²) in [4.78, 5) is 0. The summed E-state index contributed by atoms with van der Waals surface area (Å²) in [5.74, 6) is 0.503. The first-order valence-electron chi connectivity index (χ1n) is 3.75. The molecule has 0 aromatic rings. The van der Waals surface area contributed by atoms with E-state index in [0.717, 1.165) is 12.0 Å². The fraction of sp³-hybridized carbons (Fsp3) is 0.750. The van der Waals surface area contributed by atoms with Crippen LogP contribution in [0.25, 0.3) is 0 Å². The van der Waals surface area contributed by atoms with Crippen LogP contribution in [0.4, 0.5) is 3.89 Å². The predicted octanol–water partition coefficient (Wildman–Crippen LogP) is 4.04. The fourth-order valence-electron chi connectivity index (χ4n) is 0.449. The van der Waals surface area contributed by atoms with Gasteiger partial charge in [-0.3, -0.25) is 0 Å². The van der Waals surface area contributed by atoms with E-state index in [-0.39, 0.29) is 0 Å². The summed E-state index contributed by atoms with van der Waals surface area (Å²) in [5.41, 5.74) is 1.11. The van der Waals surface area contributed by atoms with Crippen LogP contribution in [0.15, 0.2) is 11.0 Å². The maximum atomic E-state index is 11.7. The van der Waals surface area contributed by atoms with Crippen molar-refractivity contribution >= 4 is 23.9 Å². The lowest BCUT2D eigenvalue weighted by atomic mass is 10.4. The standard InChI is InChI=1S/C8H15FS2/c1-4-8(3)10-5-7(2)6-11-9/h5,8H,4,6H2,1-3H3/b7-5+. The van der Waals surface area contributed by atoms with Crippen molar-refractivity contribution in [3.05, 3.63) is 11.0 Å². The van der Waals surface area contributed by atoms with Crippen LogP contribution in [0.1, 0.15) is 27.2 Å². The first-order valence-corrected chi connectivity index (χ1v) is 5.58. The van der Waals surface area contributed by atoms with E-state index >= 15 is 0 Å². The van der Waals surface area contributed by atoms with Crippen LogP contribution >= 0.6 is 23.9 Å². The van der Waals surface area contributed by atoms with Gasteiger partial charge in [-0.15, -0.1) is 11.8 Å². The number of thioether (sulfide) groups is 1. The molecule has 0 N–H and O–H groups in total. The van der Waals surface area contributed by atoms with Crippen molar-refractivity contribution in [3.63, 3.8) is 0 Å². The van der Waals surface area contributed by atoms with Crippen molar-refractivity contribution in [2.75, 3.05) is 5.75 Å². The van der Waals surface area contributed by atoms with Crippen molar-refractivity contribution in [1.29, 1.82) is 0 Å². The second-order valence-corrected chi connectivity index (χ2v) is 4.39. The number of hydrogen-bond donors (Lipinski definition) is 0. The van der Waals surface area contributed by atoms with Crippen LogP contribution in [0.2, 0.25) is 0 Å². The molecule has 1 atom stereocenters. The zero-order chi connectivity index (χ0) is 8.69. The van der Waals surface area contributed by atoms with Gasteiger partial charge in [0.2, 0.25) is 0 Å². The Labute approximate surface area is 77.3 Å². The average Bonchev–Trinajstić information content (AvgIpc) is 2.01. The normalized spacial score (nSPS) is 15.1. The SMILES string of the molecule is CCC(C)S/C=C(\C)CSF. The van der Waals surface area contributed by atoms with E-state index in [1.165, 1.54) is 0 Å². The summed E-state index contributed by atoms with van der Waals surface area (Å²) in [6.07, 6.45) is 1.16. The monoisotopic (exact) mass is 194 g/mol. The predicted molar refractivity (Wildman–Crippen MR) is 54.7 cm³/mol. The highest BCUT2D eigenvalue weighted by molar-refractivity contribution is 8.02. The molecule has 0 aromatic carbocycles. The van der Waals surface area contributed by atoms with Gasteiger partial charge >= 0.3 is 0 Å². The Kier molecular flexibility index (Phi) is 7.28. The molecule has 0 aromatic heterocycles. The van der Waals surface area contributed by atoms with Gasteiger partial charge in [-0.05, 0) is 18.8 Å². The minimum atomic E-state index is 0.387. The van der Waals surface area contributed by atoms with Gasteiger partial charge in [-0.1, -0.05) is 19.4 Å². The maximum Gasteiger partial charge on any atom is 0.0487 e. The minimum Gasteiger partial charge on any atom is -0.165 e. The van der Waals surface area contributed by atoms with Gasteiger partial charge in [0.15, 0.2) is 0 Å². The molecule has 0 fully saturated rings. The fourth-order valence-corrected chi connectivity index (χ4v) is 1.55. The molecule has 0 aliphatic carbocycles. The Morgan fingerprint density at radius 2 is 2.27 bits per heavy atom. The van der Waals surface area contributed by atoms with E-state index in [2.05, 4.69) is 19.3 Å². The summed E-state index contributed by atoms with van der Waals surface area (Å²) in [5, 5.41) is 2.70. The van der Waals surface area contributed by atoms with Gasteiger partial charge in [0.25, 0.3) is 0 Å². The van der Waals surface area contributed by atoms with Crippen molar-refractivity contribution in [1.82, 2.24) is 0 Å². The zero-order valence-corrected chi connectivity index (χ0v) is 8.90. The number of hydrogen-bond acceptors (Lipinski definition) is 2. The van der Waals surface area contributed by atoms with Crippen LogP contribution in [0.5, 0.6) is 0 Å². The van der Waals surface area contributed by atoms with Crippen LogP contribution in [-0.4, -0.2) is 11.0 Å². The third kappa shape index (κ3) is 6.76. The molecule has 0 saturated heterocycles. The molecular formula is C8H15FS2. The molecule has 66 valence electrons. The van der Waals surface area contributed by atoms with Gasteiger partial charge in [0, 0.05) is 23.2 Å². The van der Waals surface area contributed by atoms with Gasteiger partial charge in [-0.2, -0.15) is 3.89 Å². The van der Waals surface area contributed by atoms with Crippen molar-refractivity contribution in [2.45, 2.75) is 32.4 Å². The molecule has 0 bridgehead atoms. The van der Waals surface area contributed by atoms with E-state index in [1.807, 2.05) is 6.92 Å². The molecule has 0 spiro atoms. The maximum absolute atomic E-state index is 11.7. The number of rotatable bonds is 5. The number of halogens is 1. The highest BCUT2D eigenvalue weighted by Crippen LogP contribution is 2.18. The Bertz CT molecular complexity index is 123. The lowest BCUT2D eigenvalue weighted by Crippen LogP contribution is -1.89. The van der Waals surface area contributed by atoms with Crippen LogP contribution < -0.4 is 0 Å². The average molecular weight is 194 g/mol. The summed E-state index contributed by atoms with van der Waals surface area (Å²) < 4.78 is 11.7. The van der Waals surface area contributed by atoms with E-state index in [0.29, 0.717) is 23.2 Å². The minimum absolute atomic E-state index is 0.387. The molecule has 0 amide bonds. The van der Waals surface area contributed by atoms with Crippen molar-refractivity contribution in [2.24, 2.45) is 0 Å². The summed E-state index contributed by atoms with van der Waals surface area (Å²) in [7, 11) is 0. The van der Waals surface area contributed by atoms with Crippen LogP contribution in [-0.2, 0) is 0 Å². The molecule has 0 aliphatic heterocycles. The molecule has 0 radical (unpaired) electrons. The first-order chi connectivity index (χ1) is 5.20. The van der Waals surface area contributed by atoms with Crippen molar-refractivity contribution in [3.8, 4) is 0 Å². The summed E-state index contributed by atoms with van der Waals surface area (Å²) in [6, 6.07) is 0. The molecule has 3 heteroatoms. The third-order valence-corrected chi connectivity index (χ3v) is 3.26. The quantitative estimate of drug-likeness (QED) is 0.648. The molecule has 0 aliphatic rings. The third-order valence-electron chi connectivity index (χ3n) is 1.36. The summed E-state index contributed by atoms with van der Waals surface area (Å²) in [6.45, 7) is 6.30. The molecule has 0 rings (SSSR count).